The normalized spacial score (nSPS) is 10.6. The Morgan fingerprint density at radius 1 is 1.08 bits per heavy atom. The van der Waals surface area contributed by atoms with Crippen molar-refractivity contribution in [3.8, 4) is 17.2 Å². The molecule has 8 nitrogen and oxygen atoms in total. The van der Waals surface area contributed by atoms with Gasteiger partial charge in [-0.1, -0.05) is 0 Å². The van der Waals surface area contributed by atoms with E-state index in [1.54, 1.807) is 41.9 Å². The quantitative estimate of drug-likeness (QED) is 0.766. The summed E-state index contributed by atoms with van der Waals surface area (Å²) in [5.74, 6) is 1.60. The number of anilines is 1. The summed E-state index contributed by atoms with van der Waals surface area (Å²) in [6.07, 6.45) is 1.70. The third-order valence-corrected chi connectivity index (χ3v) is 3.62. The van der Waals surface area contributed by atoms with Gasteiger partial charge in [-0.15, -0.1) is 0 Å². The minimum atomic E-state index is -0.310. The molecule has 0 aliphatic carbocycles. The number of hydrogen-bond donors (Lipinski definition) is 1. The van der Waals surface area contributed by atoms with Crippen LogP contribution in [0.4, 0.5) is 5.69 Å². The van der Waals surface area contributed by atoms with Gasteiger partial charge in [-0.05, 0) is 31.2 Å². The van der Waals surface area contributed by atoms with E-state index >= 15 is 0 Å². The van der Waals surface area contributed by atoms with E-state index in [9.17, 15) is 4.79 Å². The van der Waals surface area contributed by atoms with Crippen LogP contribution in [0.3, 0.4) is 0 Å². The van der Waals surface area contributed by atoms with E-state index in [4.69, 9.17) is 14.2 Å². The number of nitrogens with zero attached hydrogens (tertiary/aromatic N) is 3. The summed E-state index contributed by atoms with van der Waals surface area (Å²) in [6.45, 7) is 1.81. The fraction of sp³-hybridized carbons (Fsp3) is 0.235. The van der Waals surface area contributed by atoms with Crippen molar-refractivity contribution in [3.63, 3.8) is 0 Å². The molecule has 0 aliphatic rings. The third kappa shape index (κ3) is 3.18. The van der Waals surface area contributed by atoms with Crippen LogP contribution in [0.1, 0.15) is 16.2 Å². The maximum Gasteiger partial charge on any atom is 0.255 e. The SMILES string of the molecule is COc1cc(C(=O)Nc2ccc3nc(C)nn3c2)cc(OC)c1OC. The Morgan fingerprint density at radius 2 is 1.76 bits per heavy atom. The molecule has 8 heteroatoms. The number of fused-ring (bicyclic) bond motifs is 1. The molecule has 1 amide bonds. The molecule has 0 atom stereocenters. The number of methoxy groups -OCH3 is 3. The fourth-order valence-electron chi connectivity index (χ4n) is 2.48. The van der Waals surface area contributed by atoms with Gasteiger partial charge < -0.3 is 19.5 Å². The van der Waals surface area contributed by atoms with Gasteiger partial charge in [0.25, 0.3) is 5.91 Å². The van der Waals surface area contributed by atoms with Crippen LogP contribution < -0.4 is 19.5 Å². The maximum absolute atomic E-state index is 12.6. The minimum Gasteiger partial charge on any atom is -0.493 e. The second-order valence-electron chi connectivity index (χ2n) is 5.25. The van der Waals surface area contributed by atoms with Crippen LogP contribution in [-0.4, -0.2) is 41.8 Å². The number of carbonyl (C=O) groups excluding carboxylic acids is 1. The molecule has 0 saturated carbocycles. The first-order chi connectivity index (χ1) is 12.0. The highest BCUT2D eigenvalue weighted by molar-refractivity contribution is 6.05. The zero-order valence-corrected chi connectivity index (χ0v) is 14.4. The fourth-order valence-corrected chi connectivity index (χ4v) is 2.48. The topological polar surface area (TPSA) is 87.0 Å². The van der Waals surface area contributed by atoms with Crippen molar-refractivity contribution in [1.29, 1.82) is 0 Å². The molecule has 0 bridgehead atoms. The Balaban J connectivity index is 1.91. The van der Waals surface area contributed by atoms with Crippen LogP contribution in [0.5, 0.6) is 17.2 Å². The Kier molecular flexibility index (Phi) is 4.42. The van der Waals surface area contributed by atoms with Crippen molar-refractivity contribution in [2.45, 2.75) is 6.92 Å². The van der Waals surface area contributed by atoms with Crippen LogP contribution in [-0.2, 0) is 0 Å². The van der Waals surface area contributed by atoms with Crippen molar-refractivity contribution in [3.05, 3.63) is 41.9 Å². The average Bonchev–Trinajstić information content (AvgIpc) is 2.99. The van der Waals surface area contributed by atoms with Crippen molar-refractivity contribution in [2.75, 3.05) is 26.6 Å². The van der Waals surface area contributed by atoms with Gasteiger partial charge in [-0.2, -0.15) is 5.10 Å². The molecule has 0 saturated heterocycles. The summed E-state index contributed by atoms with van der Waals surface area (Å²) in [5.41, 5.74) is 1.68. The van der Waals surface area contributed by atoms with Gasteiger partial charge in [0.2, 0.25) is 5.75 Å². The van der Waals surface area contributed by atoms with Crippen LogP contribution in [0.2, 0.25) is 0 Å². The van der Waals surface area contributed by atoms with Gasteiger partial charge in [0, 0.05) is 5.56 Å². The number of aromatic nitrogens is 3. The first kappa shape index (κ1) is 16.6. The molecule has 0 aliphatic heterocycles. The Bertz CT molecular complexity index is 911. The summed E-state index contributed by atoms with van der Waals surface area (Å²) in [6, 6.07) is 6.73. The second kappa shape index (κ2) is 6.68. The lowest BCUT2D eigenvalue weighted by molar-refractivity contribution is 0.102. The number of amides is 1. The number of ether oxygens (including phenoxy) is 3. The third-order valence-electron chi connectivity index (χ3n) is 3.62. The Morgan fingerprint density at radius 3 is 2.36 bits per heavy atom. The molecule has 3 rings (SSSR count). The van der Waals surface area contributed by atoms with Crippen LogP contribution in [0, 0.1) is 6.92 Å². The highest BCUT2D eigenvalue weighted by Gasteiger charge is 2.17. The number of pyridine rings is 1. The van der Waals surface area contributed by atoms with E-state index in [-0.39, 0.29) is 5.91 Å². The zero-order valence-electron chi connectivity index (χ0n) is 14.4. The summed E-state index contributed by atoms with van der Waals surface area (Å²) in [4.78, 5) is 16.8. The van der Waals surface area contributed by atoms with Crippen molar-refractivity contribution >= 4 is 17.2 Å². The van der Waals surface area contributed by atoms with Crippen LogP contribution in [0.25, 0.3) is 5.65 Å². The average molecular weight is 342 g/mol. The number of aryl methyl sites for hydroxylation is 1. The lowest BCUT2D eigenvalue weighted by Gasteiger charge is -2.14. The molecule has 25 heavy (non-hydrogen) atoms. The molecule has 0 spiro atoms. The van der Waals surface area contributed by atoms with Gasteiger partial charge in [0.1, 0.15) is 5.82 Å². The Hall–Kier alpha value is -3.29. The van der Waals surface area contributed by atoms with E-state index in [1.165, 1.54) is 21.3 Å². The van der Waals surface area contributed by atoms with Crippen molar-refractivity contribution in [2.24, 2.45) is 0 Å². The number of hydrogen-bond acceptors (Lipinski definition) is 6. The molecular weight excluding hydrogens is 324 g/mol. The van der Waals surface area contributed by atoms with E-state index in [0.29, 0.717) is 40.0 Å². The lowest BCUT2D eigenvalue weighted by atomic mass is 10.1. The van der Waals surface area contributed by atoms with E-state index in [0.717, 1.165) is 0 Å². The van der Waals surface area contributed by atoms with Gasteiger partial charge in [-0.25, -0.2) is 9.50 Å². The summed E-state index contributed by atoms with van der Waals surface area (Å²) in [5, 5.41) is 7.05. The second-order valence-corrected chi connectivity index (χ2v) is 5.25. The van der Waals surface area contributed by atoms with Crippen molar-refractivity contribution < 1.29 is 19.0 Å². The Labute approximate surface area is 144 Å². The summed E-state index contributed by atoms with van der Waals surface area (Å²) < 4.78 is 17.4. The van der Waals surface area contributed by atoms with E-state index in [2.05, 4.69) is 15.4 Å². The molecule has 0 unspecified atom stereocenters. The van der Waals surface area contributed by atoms with Gasteiger partial charge >= 0.3 is 0 Å². The summed E-state index contributed by atoms with van der Waals surface area (Å²) in [7, 11) is 4.51. The van der Waals surface area contributed by atoms with Gasteiger partial charge in [0.05, 0.1) is 33.2 Å². The van der Waals surface area contributed by atoms with Crippen molar-refractivity contribution in [1.82, 2.24) is 14.6 Å². The predicted molar refractivity (Wildman–Crippen MR) is 91.8 cm³/mol. The molecule has 3 aromatic rings. The maximum atomic E-state index is 12.6. The van der Waals surface area contributed by atoms with Gasteiger partial charge in [-0.3, -0.25) is 4.79 Å². The monoisotopic (exact) mass is 342 g/mol. The molecule has 1 aromatic carbocycles. The molecule has 0 radical (unpaired) electrons. The smallest absolute Gasteiger partial charge is 0.255 e. The van der Waals surface area contributed by atoms with Gasteiger partial charge in [0.15, 0.2) is 17.1 Å². The molecule has 1 N–H and O–H groups in total. The van der Waals surface area contributed by atoms with E-state index < -0.39 is 0 Å². The predicted octanol–water partition coefficient (Wildman–Crippen LogP) is 2.32. The minimum absolute atomic E-state index is 0.310. The number of benzene rings is 1. The lowest BCUT2D eigenvalue weighted by Crippen LogP contribution is -2.13. The molecule has 2 heterocycles. The molecule has 2 aromatic heterocycles. The molecular formula is C17H18N4O4. The first-order valence-corrected chi connectivity index (χ1v) is 7.50. The largest absolute Gasteiger partial charge is 0.493 e. The number of nitrogens with one attached hydrogen (secondary N) is 1. The van der Waals surface area contributed by atoms with Crippen LogP contribution in [0.15, 0.2) is 30.5 Å². The zero-order chi connectivity index (χ0) is 18.0. The standard InChI is InChI=1S/C17H18N4O4/c1-10-18-15-6-5-12(9-21(15)20-10)19-17(22)11-7-13(23-2)16(25-4)14(8-11)24-3/h5-9H,1-4H3,(H,19,22). The summed E-state index contributed by atoms with van der Waals surface area (Å²) >= 11 is 0. The molecule has 0 fully saturated rings. The highest BCUT2D eigenvalue weighted by Crippen LogP contribution is 2.38. The van der Waals surface area contributed by atoms with Crippen LogP contribution >= 0.6 is 0 Å². The number of carbonyl (C=O) groups is 1. The molecule has 130 valence electrons. The van der Waals surface area contributed by atoms with E-state index in [1.807, 2.05) is 0 Å². The highest BCUT2D eigenvalue weighted by atomic mass is 16.5. The first-order valence-electron chi connectivity index (χ1n) is 7.50. The number of rotatable bonds is 5.